The zero-order chi connectivity index (χ0) is 20.9. The third-order valence-electron chi connectivity index (χ3n) is 6.37. The Morgan fingerprint density at radius 3 is 2.71 bits per heavy atom. The lowest BCUT2D eigenvalue weighted by molar-refractivity contribution is 0.752. The van der Waals surface area contributed by atoms with E-state index in [2.05, 4.69) is 55.5 Å². The van der Waals surface area contributed by atoms with Crippen molar-refractivity contribution >= 4 is 5.69 Å². The van der Waals surface area contributed by atoms with E-state index in [1.807, 2.05) is 36.7 Å². The molecule has 0 bridgehead atoms. The molecule has 0 saturated carbocycles. The number of rotatable bonds is 2. The molecule has 1 unspecified atom stereocenters. The lowest BCUT2D eigenvalue weighted by Gasteiger charge is -2.20. The van der Waals surface area contributed by atoms with Gasteiger partial charge >= 0.3 is 0 Å². The summed E-state index contributed by atoms with van der Waals surface area (Å²) in [6.45, 7) is 2.69. The van der Waals surface area contributed by atoms with Crippen molar-refractivity contribution in [2.75, 3.05) is 18.0 Å². The second-order valence-corrected chi connectivity index (χ2v) is 8.36. The molecule has 0 amide bonds. The lowest BCUT2D eigenvalue weighted by Crippen LogP contribution is -2.26. The SMILES string of the molecule is N#Cc1ccc(-c2cc3n(c2)Cc2cc(N4CCC(N)C4)ccc2-n2ccnc2-3)cc1. The van der Waals surface area contributed by atoms with Crippen LogP contribution in [0.1, 0.15) is 17.5 Å². The molecule has 4 heterocycles. The maximum absolute atomic E-state index is 9.08. The molecule has 6 nitrogen and oxygen atoms in total. The summed E-state index contributed by atoms with van der Waals surface area (Å²) in [7, 11) is 0. The molecule has 0 aliphatic carbocycles. The number of nitriles is 1. The first-order chi connectivity index (χ1) is 15.2. The second kappa shape index (κ2) is 6.86. The van der Waals surface area contributed by atoms with Gasteiger partial charge in [-0.3, -0.25) is 4.57 Å². The van der Waals surface area contributed by atoms with E-state index in [1.165, 1.54) is 16.9 Å². The first-order valence-corrected chi connectivity index (χ1v) is 10.6. The number of nitrogens with zero attached hydrogens (tertiary/aromatic N) is 5. The van der Waals surface area contributed by atoms with Gasteiger partial charge in [-0.15, -0.1) is 0 Å². The van der Waals surface area contributed by atoms with Crippen LogP contribution in [0.3, 0.4) is 0 Å². The maximum atomic E-state index is 9.08. The van der Waals surface area contributed by atoms with Crippen LogP contribution < -0.4 is 10.6 Å². The smallest absolute Gasteiger partial charge is 0.161 e. The average molecular weight is 406 g/mol. The molecule has 152 valence electrons. The van der Waals surface area contributed by atoms with Crippen molar-refractivity contribution < 1.29 is 0 Å². The predicted molar refractivity (Wildman–Crippen MR) is 121 cm³/mol. The summed E-state index contributed by atoms with van der Waals surface area (Å²) in [5, 5.41) is 9.08. The summed E-state index contributed by atoms with van der Waals surface area (Å²) < 4.78 is 4.45. The van der Waals surface area contributed by atoms with Crippen LogP contribution in [0.25, 0.3) is 28.3 Å². The molecule has 4 aromatic rings. The summed E-state index contributed by atoms with van der Waals surface area (Å²) in [5.74, 6) is 0.939. The molecule has 2 aliphatic rings. The Balaban J connectivity index is 1.44. The van der Waals surface area contributed by atoms with E-state index < -0.39 is 0 Å². The minimum Gasteiger partial charge on any atom is -0.370 e. The van der Waals surface area contributed by atoms with Crippen LogP contribution in [0.15, 0.2) is 67.1 Å². The zero-order valence-corrected chi connectivity index (χ0v) is 17.1. The van der Waals surface area contributed by atoms with Gasteiger partial charge in [0, 0.05) is 55.5 Å². The van der Waals surface area contributed by atoms with Crippen molar-refractivity contribution in [1.82, 2.24) is 14.1 Å². The normalized spacial score (nSPS) is 16.9. The quantitative estimate of drug-likeness (QED) is 0.484. The first-order valence-electron chi connectivity index (χ1n) is 10.6. The van der Waals surface area contributed by atoms with Gasteiger partial charge in [0.25, 0.3) is 0 Å². The van der Waals surface area contributed by atoms with Crippen LogP contribution in [-0.4, -0.2) is 33.2 Å². The zero-order valence-electron chi connectivity index (χ0n) is 17.1. The minimum atomic E-state index is 0.255. The fraction of sp³-hybridized carbons (Fsp3) is 0.200. The summed E-state index contributed by atoms with van der Waals surface area (Å²) in [4.78, 5) is 7.05. The number of benzene rings is 2. The van der Waals surface area contributed by atoms with Gasteiger partial charge in [-0.25, -0.2) is 4.98 Å². The van der Waals surface area contributed by atoms with E-state index >= 15 is 0 Å². The van der Waals surface area contributed by atoms with Crippen molar-refractivity contribution in [3.05, 3.63) is 78.2 Å². The monoisotopic (exact) mass is 406 g/mol. The van der Waals surface area contributed by atoms with Gasteiger partial charge in [-0.05, 0) is 53.9 Å². The fourth-order valence-electron chi connectivity index (χ4n) is 4.75. The highest BCUT2D eigenvalue weighted by molar-refractivity contribution is 5.72. The second-order valence-electron chi connectivity index (χ2n) is 8.36. The number of hydrogen-bond acceptors (Lipinski definition) is 4. The highest BCUT2D eigenvalue weighted by Gasteiger charge is 2.24. The molecule has 31 heavy (non-hydrogen) atoms. The first kappa shape index (κ1) is 18.0. The molecule has 6 rings (SSSR count). The molecule has 2 aromatic heterocycles. The highest BCUT2D eigenvalue weighted by Crippen LogP contribution is 2.35. The standard InChI is InChI=1S/C25H22N6/c26-13-17-1-3-18(4-2-17)19-12-24-25-28-8-10-31(25)23-6-5-22(29-9-7-21(27)16-29)11-20(23)15-30(24)14-19/h1-6,8,10-12,14,21H,7,9,15-16,27H2. The summed E-state index contributed by atoms with van der Waals surface area (Å²) >= 11 is 0. The Kier molecular flexibility index (Phi) is 3.98. The van der Waals surface area contributed by atoms with E-state index in [0.717, 1.165) is 48.7 Å². The van der Waals surface area contributed by atoms with E-state index in [4.69, 9.17) is 11.0 Å². The van der Waals surface area contributed by atoms with Crippen LogP contribution in [0.4, 0.5) is 5.69 Å². The number of imidazole rings is 1. The van der Waals surface area contributed by atoms with E-state index in [1.54, 1.807) is 0 Å². The Labute approximate surface area is 180 Å². The van der Waals surface area contributed by atoms with E-state index in [0.29, 0.717) is 5.56 Å². The number of aromatic nitrogens is 3. The van der Waals surface area contributed by atoms with Crippen molar-refractivity contribution in [3.63, 3.8) is 0 Å². The topological polar surface area (TPSA) is 75.8 Å². The molecular formula is C25H22N6. The molecular weight excluding hydrogens is 384 g/mol. The summed E-state index contributed by atoms with van der Waals surface area (Å²) in [6.07, 6.45) is 7.11. The Morgan fingerprint density at radius 2 is 1.94 bits per heavy atom. The van der Waals surface area contributed by atoms with Crippen molar-refractivity contribution in [3.8, 4) is 34.4 Å². The Morgan fingerprint density at radius 1 is 1.06 bits per heavy atom. The molecule has 0 spiro atoms. The van der Waals surface area contributed by atoms with Crippen LogP contribution in [-0.2, 0) is 6.54 Å². The van der Waals surface area contributed by atoms with Crippen molar-refractivity contribution in [2.45, 2.75) is 19.0 Å². The van der Waals surface area contributed by atoms with Crippen LogP contribution in [0.5, 0.6) is 0 Å². The van der Waals surface area contributed by atoms with Crippen LogP contribution in [0, 0.1) is 11.3 Å². The maximum Gasteiger partial charge on any atom is 0.161 e. The fourth-order valence-corrected chi connectivity index (χ4v) is 4.75. The Bertz CT molecular complexity index is 1320. The molecule has 1 atom stereocenters. The molecule has 2 aromatic carbocycles. The summed E-state index contributed by atoms with van der Waals surface area (Å²) in [5.41, 5.74) is 13.8. The number of hydrogen-bond donors (Lipinski definition) is 1. The van der Waals surface area contributed by atoms with Gasteiger partial charge in [0.05, 0.1) is 23.0 Å². The van der Waals surface area contributed by atoms with Gasteiger partial charge in [0.15, 0.2) is 5.82 Å². The van der Waals surface area contributed by atoms with E-state index in [-0.39, 0.29) is 6.04 Å². The Hall–Kier alpha value is -3.82. The molecule has 2 aliphatic heterocycles. The van der Waals surface area contributed by atoms with Crippen LogP contribution in [0.2, 0.25) is 0 Å². The number of anilines is 1. The van der Waals surface area contributed by atoms with Crippen molar-refractivity contribution in [2.24, 2.45) is 5.73 Å². The molecule has 0 radical (unpaired) electrons. The largest absolute Gasteiger partial charge is 0.370 e. The van der Waals surface area contributed by atoms with Crippen molar-refractivity contribution in [1.29, 1.82) is 5.26 Å². The molecule has 1 fully saturated rings. The number of nitrogens with two attached hydrogens (primary N) is 1. The lowest BCUT2D eigenvalue weighted by atomic mass is 10.1. The predicted octanol–water partition coefficient (Wildman–Crippen LogP) is 3.78. The van der Waals surface area contributed by atoms with Gasteiger partial charge in [0.2, 0.25) is 0 Å². The third kappa shape index (κ3) is 2.94. The highest BCUT2D eigenvalue weighted by atomic mass is 15.2. The average Bonchev–Trinajstić information content (AvgIpc) is 3.52. The van der Waals surface area contributed by atoms with Gasteiger partial charge < -0.3 is 15.2 Å². The third-order valence-corrected chi connectivity index (χ3v) is 6.37. The van der Waals surface area contributed by atoms with Crippen LogP contribution >= 0.6 is 0 Å². The van der Waals surface area contributed by atoms with Gasteiger partial charge in [0.1, 0.15) is 0 Å². The minimum absolute atomic E-state index is 0.255. The molecule has 1 saturated heterocycles. The number of fused-ring (bicyclic) bond motifs is 5. The molecule has 6 heteroatoms. The van der Waals surface area contributed by atoms with E-state index in [9.17, 15) is 0 Å². The molecule has 2 N–H and O–H groups in total. The summed E-state index contributed by atoms with van der Waals surface area (Å²) in [6, 6.07) is 19.1. The van der Waals surface area contributed by atoms with Gasteiger partial charge in [-0.1, -0.05) is 12.1 Å². The van der Waals surface area contributed by atoms with Gasteiger partial charge in [-0.2, -0.15) is 5.26 Å².